The average Bonchev–Trinajstić information content (AvgIpc) is 3.57. The van der Waals surface area contributed by atoms with E-state index in [2.05, 4.69) is 152 Å². The van der Waals surface area contributed by atoms with Crippen molar-refractivity contribution in [1.82, 2.24) is 9.97 Å². The minimum atomic E-state index is 0.839. The predicted molar refractivity (Wildman–Crippen MR) is 204 cm³/mol. The topological polar surface area (TPSA) is 38.9 Å². The molecule has 2 aromatic heterocycles. The number of nitrogens with zero attached hydrogens (tertiary/aromatic N) is 2. The van der Waals surface area contributed by atoms with E-state index in [1.54, 1.807) is 0 Å². The standard InChI is InChI=1S/C46H28N2O/c1-3-10-29(11-4-1)33-22-24-36-37-25-23-34(30-12-5-2-6-13-30)27-41(37)45-44(40(36)26-33)47-28-42(48-45)32-20-18-31(19-21-32)35-15-9-16-39-38-14-7-8-17-43(38)49-46(35)39/h1-28H. The van der Waals surface area contributed by atoms with Gasteiger partial charge >= 0.3 is 0 Å². The molecule has 0 bridgehead atoms. The van der Waals surface area contributed by atoms with Crippen LogP contribution < -0.4 is 0 Å². The summed E-state index contributed by atoms with van der Waals surface area (Å²) in [5.41, 5.74) is 12.3. The van der Waals surface area contributed by atoms with Crippen LogP contribution in [-0.2, 0) is 0 Å². The van der Waals surface area contributed by atoms with Crippen LogP contribution in [0.15, 0.2) is 174 Å². The lowest BCUT2D eigenvalue weighted by Gasteiger charge is -2.13. The number of aromatic nitrogens is 2. The third-order valence-electron chi connectivity index (χ3n) is 9.72. The number of para-hydroxylation sites is 2. The van der Waals surface area contributed by atoms with Crippen molar-refractivity contribution in [2.24, 2.45) is 0 Å². The number of hydrogen-bond donors (Lipinski definition) is 0. The summed E-state index contributed by atoms with van der Waals surface area (Å²) in [7, 11) is 0. The zero-order valence-corrected chi connectivity index (χ0v) is 26.5. The average molecular weight is 625 g/mol. The maximum atomic E-state index is 6.33. The van der Waals surface area contributed by atoms with Gasteiger partial charge in [-0.05, 0) is 56.8 Å². The third kappa shape index (κ3) is 4.51. The molecule has 0 N–H and O–H groups in total. The zero-order valence-electron chi connectivity index (χ0n) is 26.5. The van der Waals surface area contributed by atoms with Gasteiger partial charge in [0.25, 0.3) is 0 Å². The molecule has 0 aliphatic carbocycles. The molecule has 0 spiro atoms. The fraction of sp³-hybridized carbons (Fsp3) is 0. The molecular weight excluding hydrogens is 597 g/mol. The Kier molecular flexibility index (Phi) is 6.18. The van der Waals surface area contributed by atoms with Gasteiger partial charge in [0.05, 0.1) is 22.9 Å². The molecule has 8 aromatic carbocycles. The first-order chi connectivity index (χ1) is 24.3. The van der Waals surface area contributed by atoms with Gasteiger partial charge in [0, 0.05) is 32.7 Å². The van der Waals surface area contributed by atoms with Gasteiger partial charge in [-0.15, -0.1) is 0 Å². The van der Waals surface area contributed by atoms with E-state index in [1.807, 2.05) is 18.3 Å². The molecule has 0 saturated carbocycles. The van der Waals surface area contributed by atoms with Gasteiger partial charge in [-0.1, -0.05) is 146 Å². The van der Waals surface area contributed by atoms with Crippen molar-refractivity contribution in [3.63, 3.8) is 0 Å². The van der Waals surface area contributed by atoms with E-state index in [0.717, 1.165) is 77.3 Å². The van der Waals surface area contributed by atoms with Crippen molar-refractivity contribution in [3.05, 3.63) is 170 Å². The molecule has 0 fully saturated rings. The number of hydrogen-bond acceptors (Lipinski definition) is 3. The second-order valence-electron chi connectivity index (χ2n) is 12.6. The Morgan fingerprint density at radius 2 is 0.939 bits per heavy atom. The molecule has 0 atom stereocenters. The first kappa shape index (κ1) is 27.5. The normalized spacial score (nSPS) is 11.7. The Hall–Kier alpha value is -6.58. The lowest BCUT2D eigenvalue weighted by molar-refractivity contribution is 0.670. The highest BCUT2D eigenvalue weighted by Gasteiger charge is 2.16. The summed E-state index contributed by atoms with van der Waals surface area (Å²) < 4.78 is 6.33. The second kappa shape index (κ2) is 11.0. The van der Waals surface area contributed by atoms with Crippen molar-refractivity contribution in [2.45, 2.75) is 0 Å². The van der Waals surface area contributed by atoms with Crippen LogP contribution in [0.1, 0.15) is 0 Å². The van der Waals surface area contributed by atoms with Gasteiger partial charge in [-0.2, -0.15) is 0 Å². The molecule has 0 amide bonds. The van der Waals surface area contributed by atoms with E-state index in [9.17, 15) is 0 Å². The smallest absolute Gasteiger partial charge is 0.143 e. The predicted octanol–water partition coefficient (Wildman–Crippen LogP) is 12.5. The minimum Gasteiger partial charge on any atom is -0.455 e. The van der Waals surface area contributed by atoms with Crippen LogP contribution in [0, 0.1) is 0 Å². The Morgan fingerprint density at radius 1 is 0.367 bits per heavy atom. The van der Waals surface area contributed by atoms with Crippen molar-refractivity contribution >= 4 is 54.5 Å². The quantitative estimate of drug-likeness (QED) is 0.183. The Bertz CT molecular complexity index is 2850. The molecule has 0 aliphatic heterocycles. The van der Waals surface area contributed by atoms with Gasteiger partial charge in [-0.25, -0.2) is 4.98 Å². The maximum absolute atomic E-state index is 6.33. The summed E-state index contributed by atoms with van der Waals surface area (Å²) in [6.45, 7) is 0. The minimum absolute atomic E-state index is 0.839. The van der Waals surface area contributed by atoms with E-state index in [-0.39, 0.29) is 0 Å². The fourth-order valence-electron chi connectivity index (χ4n) is 7.28. The molecule has 49 heavy (non-hydrogen) atoms. The summed E-state index contributed by atoms with van der Waals surface area (Å²) in [4.78, 5) is 10.5. The number of rotatable bonds is 4. The summed E-state index contributed by atoms with van der Waals surface area (Å²) in [6.07, 6.45) is 1.92. The molecule has 10 rings (SSSR count). The lowest BCUT2D eigenvalue weighted by atomic mass is 9.93. The van der Waals surface area contributed by atoms with Crippen molar-refractivity contribution < 1.29 is 4.42 Å². The van der Waals surface area contributed by atoms with Crippen LogP contribution in [-0.4, -0.2) is 9.97 Å². The van der Waals surface area contributed by atoms with Crippen LogP contribution in [0.2, 0.25) is 0 Å². The highest BCUT2D eigenvalue weighted by atomic mass is 16.3. The third-order valence-corrected chi connectivity index (χ3v) is 9.72. The van der Waals surface area contributed by atoms with E-state index in [0.29, 0.717) is 0 Å². The summed E-state index contributed by atoms with van der Waals surface area (Å²) >= 11 is 0. The number of furan rings is 1. The van der Waals surface area contributed by atoms with Gasteiger partial charge < -0.3 is 4.42 Å². The van der Waals surface area contributed by atoms with Crippen LogP contribution in [0.25, 0.3) is 99.2 Å². The van der Waals surface area contributed by atoms with Gasteiger partial charge in [0.15, 0.2) is 0 Å². The van der Waals surface area contributed by atoms with Gasteiger partial charge in [0.1, 0.15) is 11.2 Å². The molecule has 3 heteroatoms. The van der Waals surface area contributed by atoms with E-state index < -0.39 is 0 Å². The molecule has 0 aliphatic rings. The molecule has 2 heterocycles. The second-order valence-corrected chi connectivity index (χ2v) is 12.6. The van der Waals surface area contributed by atoms with Crippen LogP contribution >= 0.6 is 0 Å². The zero-order chi connectivity index (χ0) is 32.3. The number of fused-ring (bicyclic) bond motifs is 9. The molecular formula is C46H28N2O. The van der Waals surface area contributed by atoms with Crippen LogP contribution in [0.5, 0.6) is 0 Å². The van der Waals surface area contributed by atoms with Gasteiger partial charge in [0.2, 0.25) is 0 Å². The highest BCUT2D eigenvalue weighted by molar-refractivity contribution is 6.24. The SMILES string of the molecule is c1ccc(-c2ccc3c4ccc(-c5ccccc5)cc4c4nc(-c5ccc(-c6cccc7c6oc6ccccc67)cc5)cnc4c3c2)cc1. The van der Waals surface area contributed by atoms with Crippen molar-refractivity contribution in [3.8, 4) is 44.6 Å². The molecule has 228 valence electrons. The fourth-order valence-corrected chi connectivity index (χ4v) is 7.28. The van der Waals surface area contributed by atoms with Crippen LogP contribution in [0.3, 0.4) is 0 Å². The molecule has 0 unspecified atom stereocenters. The molecule has 10 aromatic rings. The monoisotopic (exact) mass is 624 g/mol. The summed E-state index contributed by atoms with van der Waals surface area (Å²) in [5, 5.41) is 6.80. The highest BCUT2D eigenvalue weighted by Crippen LogP contribution is 2.39. The Labute approximate surface area is 282 Å². The van der Waals surface area contributed by atoms with Crippen molar-refractivity contribution in [2.75, 3.05) is 0 Å². The van der Waals surface area contributed by atoms with Crippen LogP contribution in [0.4, 0.5) is 0 Å². The summed E-state index contributed by atoms with van der Waals surface area (Å²) in [5.74, 6) is 0. The Balaban J connectivity index is 1.15. The molecule has 3 nitrogen and oxygen atoms in total. The number of benzene rings is 8. The maximum Gasteiger partial charge on any atom is 0.143 e. The first-order valence-corrected chi connectivity index (χ1v) is 16.6. The van der Waals surface area contributed by atoms with Crippen molar-refractivity contribution in [1.29, 1.82) is 0 Å². The Morgan fingerprint density at radius 3 is 1.63 bits per heavy atom. The molecule has 0 saturated heterocycles. The van der Waals surface area contributed by atoms with E-state index in [4.69, 9.17) is 14.4 Å². The van der Waals surface area contributed by atoms with Gasteiger partial charge in [-0.3, -0.25) is 4.98 Å². The largest absolute Gasteiger partial charge is 0.455 e. The lowest BCUT2D eigenvalue weighted by Crippen LogP contribution is -1.93. The molecule has 0 radical (unpaired) electrons. The van der Waals surface area contributed by atoms with E-state index in [1.165, 1.54) is 21.9 Å². The van der Waals surface area contributed by atoms with E-state index >= 15 is 0 Å². The summed E-state index contributed by atoms with van der Waals surface area (Å²) in [6, 6.07) is 57.6. The first-order valence-electron chi connectivity index (χ1n) is 16.6.